The molecule has 0 radical (unpaired) electrons. The molecule has 1 heteroatoms. The molecule has 0 nitrogen and oxygen atoms in total. The first-order valence-corrected chi connectivity index (χ1v) is 16.3. The maximum absolute atomic E-state index is 3.45. The zero-order valence-corrected chi connectivity index (χ0v) is 24.0. The van der Waals surface area contributed by atoms with E-state index in [0.717, 1.165) is 19.3 Å². The Bertz CT molecular complexity index is 732. The van der Waals surface area contributed by atoms with Crippen molar-refractivity contribution in [3.63, 3.8) is 0 Å². The first kappa shape index (κ1) is 30.5. The Kier molecular flexibility index (Phi) is 17.1. The van der Waals surface area contributed by atoms with Crippen LogP contribution in [0.15, 0.2) is 58.2 Å². The second-order valence-electron chi connectivity index (χ2n) is 10.7. The van der Waals surface area contributed by atoms with E-state index in [1.54, 1.807) is 0 Å². The van der Waals surface area contributed by atoms with Crippen molar-refractivity contribution in [2.75, 3.05) is 0 Å². The normalized spacial score (nSPS) is 13.7. The minimum atomic E-state index is -1.20. The zero-order chi connectivity index (χ0) is 24.4. The van der Waals surface area contributed by atoms with Crippen LogP contribution < -0.4 is 0 Å². The van der Waals surface area contributed by atoms with E-state index in [2.05, 4.69) is 103 Å². The largest absolute Gasteiger partial charge is 0.132 e. The second-order valence-corrected chi connectivity index (χ2v) is 15.5. The zero-order valence-electron chi connectivity index (χ0n) is 23.0. The fourth-order valence-corrected chi connectivity index (χ4v) is 4.01. The highest BCUT2D eigenvalue weighted by atomic mass is 28.3. The molecule has 0 aliphatic heterocycles. The summed E-state index contributed by atoms with van der Waals surface area (Å²) >= 11 is 0. The van der Waals surface area contributed by atoms with E-state index >= 15 is 0 Å². The average molecular weight is 453 g/mol. The van der Waals surface area contributed by atoms with Crippen LogP contribution in [0.3, 0.4) is 0 Å². The topological polar surface area (TPSA) is 0 Å². The summed E-state index contributed by atoms with van der Waals surface area (Å²) in [4.78, 5) is 0. The number of unbranched alkanes of at least 4 members (excludes halogenated alkanes) is 1. The highest BCUT2D eigenvalue weighted by Crippen LogP contribution is 2.15. The molecule has 0 bridgehead atoms. The lowest BCUT2D eigenvalue weighted by atomic mass is 10.0. The van der Waals surface area contributed by atoms with Gasteiger partial charge in [0.05, 0.1) is 0 Å². The second kappa shape index (κ2) is 18.0. The van der Waals surface area contributed by atoms with Crippen molar-refractivity contribution in [1.82, 2.24) is 0 Å². The van der Waals surface area contributed by atoms with Gasteiger partial charge in [0.15, 0.2) is 0 Å². The fraction of sp³-hybridized carbons (Fsp3) is 0.613. The number of rotatable bonds is 14. The predicted molar refractivity (Wildman–Crippen MR) is 152 cm³/mol. The first-order valence-electron chi connectivity index (χ1n) is 12.8. The molecule has 0 N–H and O–H groups in total. The van der Waals surface area contributed by atoms with Crippen molar-refractivity contribution >= 4 is 8.07 Å². The van der Waals surface area contributed by atoms with Gasteiger partial charge in [-0.25, -0.2) is 0 Å². The van der Waals surface area contributed by atoms with E-state index < -0.39 is 8.07 Å². The summed E-state index contributed by atoms with van der Waals surface area (Å²) in [5.41, 5.74) is 11.0. The molecule has 0 aromatic heterocycles. The highest BCUT2D eigenvalue weighted by molar-refractivity contribution is 6.83. The van der Waals surface area contributed by atoms with Crippen LogP contribution in [0.4, 0.5) is 0 Å². The van der Waals surface area contributed by atoms with Crippen molar-refractivity contribution in [3.8, 4) is 11.5 Å². The Labute approximate surface area is 203 Å². The monoisotopic (exact) mass is 452 g/mol. The van der Waals surface area contributed by atoms with Gasteiger partial charge in [0.2, 0.25) is 0 Å². The van der Waals surface area contributed by atoms with Gasteiger partial charge in [-0.3, -0.25) is 0 Å². The lowest BCUT2D eigenvalue weighted by Gasteiger charge is -2.03. The molecule has 0 spiro atoms. The average Bonchev–Trinajstić information content (AvgIpc) is 2.66. The maximum Gasteiger partial charge on any atom is 0.129 e. The summed E-state index contributed by atoms with van der Waals surface area (Å²) < 4.78 is 0. The van der Waals surface area contributed by atoms with Crippen molar-refractivity contribution in [2.45, 2.75) is 125 Å². The van der Waals surface area contributed by atoms with Crippen LogP contribution in [0.1, 0.15) is 106 Å². The van der Waals surface area contributed by atoms with E-state index in [0.29, 0.717) is 0 Å². The van der Waals surface area contributed by atoms with Crippen LogP contribution >= 0.6 is 0 Å². The summed E-state index contributed by atoms with van der Waals surface area (Å²) in [5.74, 6) is 3.36. The molecule has 0 aliphatic carbocycles. The van der Waals surface area contributed by atoms with Gasteiger partial charge in [0.25, 0.3) is 0 Å². The third-order valence-corrected chi connectivity index (χ3v) is 6.34. The molecule has 0 saturated carbocycles. The summed E-state index contributed by atoms with van der Waals surface area (Å²) in [6, 6.07) is 0. The van der Waals surface area contributed by atoms with Crippen LogP contribution in [0.5, 0.6) is 0 Å². The van der Waals surface area contributed by atoms with E-state index in [9.17, 15) is 0 Å². The molecule has 0 unspecified atom stereocenters. The lowest BCUT2D eigenvalue weighted by Crippen LogP contribution is -2.16. The molecular weight excluding hydrogens is 400 g/mol. The maximum atomic E-state index is 3.45. The minimum Gasteiger partial charge on any atom is -0.132 e. The van der Waals surface area contributed by atoms with Gasteiger partial charge in [-0.2, -0.15) is 0 Å². The van der Waals surface area contributed by atoms with Gasteiger partial charge in [-0.05, 0) is 99.3 Å². The van der Waals surface area contributed by atoms with E-state index in [4.69, 9.17) is 0 Å². The number of allylic oxidation sites excluding steroid dienone is 10. The standard InChI is InChI=1S/C31H52Si/c1-27(2)17-13-19-29(4)21-15-23-31(6)25-16-24-30(5)22-14-20-28(3)18-11-10-12-26-32(7,8)9/h17-18,21-22,25H,10-11,13-16,19-20,23-24H2,1-9H3/b28-18+,29-21+,30-22+,31-25+. The minimum absolute atomic E-state index is 1.01. The first-order chi connectivity index (χ1) is 15.0. The van der Waals surface area contributed by atoms with Crippen molar-refractivity contribution in [3.05, 3.63) is 58.2 Å². The summed E-state index contributed by atoms with van der Waals surface area (Å²) in [5, 5.41) is 0. The quantitative estimate of drug-likeness (QED) is 0.106. The third-order valence-electron chi connectivity index (χ3n) is 5.41. The molecule has 0 heterocycles. The van der Waals surface area contributed by atoms with Gasteiger partial charge in [0.1, 0.15) is 8.07 Å². The highest BCUT2D eigenvalue weighted by Gasteiger charge is 2.06. The Morgan fingerprint density at radius 1 is 0.531 bits per heavy atom. The van der Waals surface area contributed by atoms with Gasteiger partial charge in [-0.15, -0.1) is 11.5 Å². The van der Waals surface area contributed by atoms with Gasteiger partial charge < -0.3 is 0 Å². The third kappa shape index (κ3) is 21.7. The van der Waals surface area contributed by atoms with Gasteiger partial charge in [-0.1, -0.05) is 77.9 Å². The van der Waals surface area contributed by atoms with Crippen LogP contribution in [0.25, 0.3) is 0 Å². The number of hydrogen-bond acceptors (Lipinski definition) is 0. The molecule has 0 fully saturated rings. The van der Waals surface area contributed by atoms with Crippen LogP contribution in [0.2, 0.25) is 19.6 Å². The molecule has 0 aliphatic rings. The van der Waals surface area contributed by atoms with Crippen molar-refractivity contribution in [2.24, 2.45) is 0 Å². The smallest absolute Gasteiger partial charge is 0.129 e. The molecular formula is C31H52Si. The van der Waals surface area contributed by atoms with E-state index in [-0.39, 0.29) is 0 Å². The Hall–Kier alpha value is -1.52. The molecule has 0 saturated heterocycles. The van der Waals surface area contributed by atoms with Gasteiger partial charge in [0, 0.05) is 6.42 Å². The molecule has 32 heavy (non-hydrogen) atoms. The molecule has 180 valence electrons. The molecule has 0 aromatic carbocycles. The summed E-state index contributed by atoms with van der Waals surface area (Å²) in [6.07, 6.45) is 23.5. The van der Waals surface area contributed by atoms with E-state index in [1.807, 2.05) is 0 Å². The molecule has 0 aromatic rings. The Morgan fingerprint density at radius 2 is 0.875 bits per heavy atom. The van der Waals surface area contributed by atoms with Crippen molar-refractivity contribution < 1.29 is 0 Å². The molecule has 0 rings (SSSR count). The van der Waals surface area contributed by atoms with E-state index in [1.165, 1.54) is 72.8 Å². The van der Waals surface area contributed by atoms with Crippen molar-refractivity contribution in [1.29, 1.82) is 0 Å². The van der Waals surface area contributed by atoms with Gasteiger partial charge >= 0.3 is 0 Å². The Morgan fingerprint density at radius 3 is 1.22 bits per heavy atom. The lowest BCUT2D eigenvalue weighted by molar-refractivity contribution is 0.889. The van der Waals surface area contributed by atoms with Crippen LogP contribution in [0, 0.1) is 11.5 Å². The van der Waals surface area contributed by atoms with Crippen LogP contribution in [-0.4, -0.2) is 8.07 Å². The fourth-order valence-electron chi connectivity index (χ4n) is 3.35. The molecule has 0 atom stereocenters. The predicted octanol–water partition coefficient (Wildman–Crippen LogP) is 10.5. The Balaban J connectivity index is 4.11. The summed E-state index contributed by atoms with van der Waals surface area (Å²) in [6.45, 7) is 20.4. The number of hydrogen-bond donors (Lipinski definition) is 0. The molecule has 0 amide bonds. The van der Waals surface area contributed by atoms with Crippen LogP contribution in [-0.2, 0) is 0 Å². The summed E-state index contributed by atoms with van der Waals surface area (Å²) in [7, 11) is -1.20. The SMILES string of the molecule is CC(C)=CCC/C(C)=C/CC/C(C)=C/CC/C(C)=C/CC/C(C)=C/CCC#C[Si](C)(C)C.